The number of rotatable bonds is 5. The summed E-state index contributed by atoms with van der Waals surface area (Å²) in [5.41, 5.74) is 1.92. The van der Waals surface area contributed by atoms with E-state index in [0.717, 1.165) is 21.5 Å². The van der Waals surface area contributed by atoms with Crippen LogP contribution in [0.2, 0.25) is 0 Å². The van der Waals surface area contributed by atoms with Gasteiger partial charge in [0.05, 0.1) is 16.6 Å². The summed E-state index contributed by atoms with van der Waals surface area (Å²) < 4.78 is 13.9. The molecule has 4 rings (SSSR count). The van der Waals surface area contributed by atoms with Crippen molar-refractivity contribution in [1.29, 1.82) is 0 Å². The van der Waals surface area contributed by atoms with Gasteiger partial charge in [-0.3, -0.25) is 4.79 Å². The quantitative estimate of drug-likeness (QED) is 0.481. The molecule has 1 aliphatic rings. The molecule has 2 aromatic carbocycles. The molecule has 2 heterocycles. The lowest BCUT2D eigenvalue weighted by Crippen LogP contribution is -2.16. The highest BCUT2D eigenvalue weighted by Crippen LogP contribution is 2.36. The van der Waals surface area contributed by atoms with Crippen molar-refractivity contribution in [3.8, 4) is 11.5 Å². The van der Waals surface area contributed by atoms with Gasteiger partial charge >= 0.3 is 0 Å². The van der Waals surface area contributed by atoms with Gasteiger partial charge in [0.1, 0.15) is 0 Å². The molecule has 5 nitrogen and oxygen atoms in total. The van der Waals surface area contributed by atoms with Crippen LogP contribution < -0.4 is 14.3 Å². The number of carbonyl (C=O) groups excluding carboxylic acids is 1. The summed E-state index contributed by atoms with van der Waals surface area (Å²) in [6.45, 7) is 4.62. The van der Waals surface area contributed by atoms with Gasteiger partial charge in [0.15, 0.2) is 16.3 Å². The Morgan fingerprint density at radius 1 is 1.30 bits per heavy atom. The molecule has 1 amide bonds. The van der Waals surface area contributed by atoms with E-state index in [4.69, 9.17) is 9.47 Å². The van der Waals surface area contributed by atoms with Gasteiger partial charge in [-0.1, -0.05) is 29.5 Å². The third-order valence-corrected chi connectivity index (χ3v) is 6.01. The molecule has 0 bridgehead atoms. The standard InChI is InChI=1S/C20H18N2O3S2/c1-3-8-22-15-10-16-17(25-12-24-16)11-18(15)27-20(22)21-19(23)9-13-4-6-14(26-2)7-5-13/h3-7,10-11H,1,8-9,12H2,2H3. The number of hydrogen-bond acceptors (Lipinski definition) is 5. The first kappa shape index (κ1) is 17.9. The molecule has 1 aliphatic heterocycles. The zero-order valence-electron chi connectivity index (χ0n) is 14.8. The molecule has 0 aliphatic carbocycles. The smallest absolute Gasteiger partial charge is 0.252 e. The molecule has 27 heavy (non-hydrogen) atoms. The highest BCUT2D eigenvalue weighted by atomic mass is 32.2. The van der Waals surface area contributed by atoms with Gasteiger partial charge in [-0.2, -0.15) is 4.99 Å². The number of carbonyl (C=O) groups is 1. The summed E-state index contributed by atoms with van der Waals surface area (Å²) in [6, 6.07) is 11.9. The first-order valence-electron chi connectivity index (χ1n) is 8.42. The molecular formula is C20H18N2O3S2. The largest absolute Gasteiger partial charge is 0.454 e. The van der Waals surface area contributed by atoms with Crippen LogP contribution in [0.1, 0.15) is 5.56 Å². The van der Waals surface area contributed by atoms with Gasteiger partial charge in [0.2, 0.25) is 6.79 Å². The summed E-state index contributed by atoms with van der Waals surface area (Å²) in [6.07, 6.45) is 4.10. The van der Waals surface area contributed by atoms with Crippen molar-refractivity contribution in [2.45, 2.75) is 17.9 Å². The first-order valence-corrected chi connectivity index (χ1v) is 10.5. The van der Waals surface area contributed by atoms with E-state index in [1.54, 1.807) is 17.8 Å². The minimum absolute atomic E-state index is 0.170. The van der Waals surface area contributed by atoms with Crippen LogP contribution in [0.25, 0.3) is 10.2 Å². The molecule has 3 aromatic rings. The van der Waals surface area contributed by atoms with Crippen molar-refractivity contribution in [1.82, 2.24) is 4.57 Å². The molecule has 0 N–H and O–H groups in total. The minimum atomic E-state index is -0.170. The molecule has 0 saturated heterocycles. The summed E-state index contributed by atoms with van der Waals surface area (Å²) in [5.74, 6) is 1.27. The van der Waals surface area contributed by atoms with Crippen LogP contribution >= 0.6 is 23.1 Å². The molecule has 0 saturated carbocycles. The fourth-order valence-corrected chi connectivity index (χ4v) is 4.39. The number of hydrogen-bond donors (Lipinski definition) is 0. The summed E-state index contributed by atoms with van der Waals surface area (Å²) in [7, 11) is 0. The molecule has 1 aromatic heterocycles. The van der Waals surface area contributed by atoms with Crippen LogP contribution in [0.5, 0.6) is 11.5 Å². The summed E-state index contributed by atoms with van der Waals surface area (Å²) >= 11 is 3.14. The predicted molar refractivity (Wildman–Crippen MR) is 109 cm³/mol. The fraction of sp³-hybridized carbons (Fsp3) is 0.200. The SMILES string of the molecule is C=CCn1c(=NC(=O)Cc2ccc(SC)cc2)sc2cc3c(cc21)OCO3. The van der Waals surface area contributed by atoms with Crippen LogP contribution in [0.3, 0.4) is 0 Å². The van der Waals surface area contributed by atoms with E-state index in [2.05, 4.69) is 11.6 Å². The van der Waals surface area contributed by atoms with Gasteiger partial charge in [-0.05, 0) is 24.0 Å². The monoisotopic (exact) mass is 398 g/mol. The number of ether oxygens (including phenoxy) is 2. The summed E-state index contributed by atoms with van der Waals surface area (Å²) in [5, 5.41) is 0. The van der Waals surface area contributed by atoms with Crippen LogP contribution in [0, 0.1) is 0 Å². The Labute approximate surface area is 165 Å². The lowest BCUT2D eigenvalue weighted by Gasteiger charge is -2.02. The number of aromatic nitrogens is 1. The van der Waals surface area contributed by atoms with E-state index in [1.807, 2.05) is 47.2 Å². The Bertz CT molecular complexity index is 1080. The van der Waals surface area contributed by atoms with E-state index in [9.17, 15) is 4.79 Å². The third-order valence-electron chi connectivity index (χ3n) is 4.22. The molecule has 0 atom stereocenters. The van der Waals surface area contributed by atoms with E-state index < -0.39 is 0 Å². The number of thiazole rings is 1. The number of nitrogens with zero attached hydrogens (tertiary/aromatic N) is 2. The zero-order valence-corrected chi connectivity index (χ0v) is 16.4. The molecule has 0 unspecified atom stereocenters. The molecule has 7 heteroatoms. The number of thioether (sulfide) groups is 1. The van der Waals surface area contributed by atoms with Gasteiger partial charge < -0.3 is 14.0 Å². The van der Waals surface area contributed by atoms with E-state index in [-0.39, 0.29) is 19.1 Å². The molecular weight excluding hydrogens is 380 g/mol. The lowest BCUT2D eigenvalue weighted by molar-refractivity contribution is -0.117. The van der Waals surface area contributed by atoms with Gasteiger partial charge in [0, 0.05) is 23.6 Å². The van der Waals surface area contributed by atoms with Crippen molar-refractivity contribution in [3.63, 3.8) is 0 Å². The van der Waals surface area contributed by atoms with Crippen molar-refractivity contribution in [2.24, 2.45) is 4.99 Å². The van der Waals surface area contributed by atoms with Crippen molar-refractivity contribution < 1.29 is 14.3 Å². The lowest BCUT2D eigenvalue weighted by atomic mass is 10.1. The van der Waals surface area contributed by atoms with Crippen molar-refractivity contribution in [3.05, 3.63) is 59.4 Å². The Balaban J connectivity index is 1.69. The Morgan fingerprint density at radius 2 is 2.04 bits per heavy atom. The second-order valence-electron chi connectivity index (χ2n) is 5.99. The van der Waals surface area contributed by atoms with Crippen LogP contribution in [0.4, 0.5) is 0 Å². The fourth-order valence-electron chi connectivity index (χ4n) is 2.91. The Hall–Kier alpha value is -2.51. The Kier molecular flexibility index (Phi) is 5.05. The maximum Gasteiger partial charge on any atom is 0.252 e. The topological polar surface area (TPSA) is 52.8 Å². The number of amides is 1. The zero-order chi connectivity index (χ0) is 18.8. The second-order valence-corrected chi connectivity index (χ2v) is 7.88. The first-order chi connectivity index (χ1) is 13.2. The number of benzene rings is 2. The average molecular weight is 399 g/mol. The number of allylic oxidation sites excluding steroid dienone is 1. The van der Waals surface area contributed by atoms with Crippen LogP contribution in [-0.2, 0) is 17.8 Å². The van der Waals surface area contributed by atoms with Crippen molar-refractivity contribution >= 4 is 39.2 Å². The van der Waals surface area contributed by atoms with Crippen LogP contribution in [-0.4, -0.2) is 23.5 Å². The maximum absolute atomic E-state index is 12.5. The highest BCUT2D eigenvalue weighted by Gasteiger charge is 2.17. The maximum atomic E-state index is 12.5. The average Bonchev–Trinajstić information content (AvgIpc) is 3.25. The normalized spacial score (nSPS) is 13.3. The van der Waals surface area contributed by atoms with Gasteiger partial charge in [0.25, 0.3) is 5.91 Å². The molecule has 0 radical (unpaired) electrons. The van der Waals surface area contributed by atoms with Gasteiger partial charge in [-0.15, -0.1) is 18.3 Å². The minimum Gasteiger partial charge on any atom is -0.454 e. The molecule has 0 fully saturated rings. The predicted octanol–water partition coefficient (Wildman–Crippen LogP) is 4.01. The van der Waals surface area contributed by atoms with E-state index in [1.165, 1.54) is 16.2 Å². The second kappa shape index (κ2) is 7.62. The number of fused-ring (bicyclic) bond motifs is 2. The summed E-state index contributed by atoms with van der Waals surface area (Å²) in [4.78, 5) is 18.7. The van der Waals surface area contributed by atoms with Gasteiger partial charge in [-0.25, -0.2) is 0 Å². The molecule has 138 valence electrons. The van der Waals surface area contributed by atoms with E-state index in [0.29, 0.717) is 17.1 Å². The highest BCUT2D eigenvalue weighted by molar-refractivity contribution is 7.98. The molecule has 0 spiro atoms. The Morgan fingerprint density at radius 3 is 2.74 bits per heavy atom. The third kappa shape index (κ3) is 3.65. The van der Waals surface area contributed by atoms with Crippen molar-refractivity contribution in [2.75, 3.05) is 13.0 Å². The van der Waals surface area contributed by atoms with Crippen LogP contribution in [0.15, 0.2) is 58.9 Å². The van der Waals surface area contributed by atoms with E-state index >= 15 is 0 Å².